The number of benzene rings is 1. The molecule has 8 heteroatoms. The van der Waals surface area contributed by atoms with Gasteiger partial charge in [0.1, 0.15) is 17.4 Å². The Kier molecular flexibility index (Phi) is 4.81. The monoisotopic (exact) mass is 367 g/mol. The zero-order chi connectivity index (χ0) is 18.8. The third-order valence-corrected chi connectivity index (χ3v) is 5.20. The number of nitrogen functional groups attached to an aromatic ring is 2. The number of nitrogens with two attached hydrogens (primary N) is 2. The van der Waals surface area contributed by atoms with Crippen LogP contribution in [0.5, 0.6) is 5.75 Å². The Hall–Kier alpha value is -2.87. The predicted molar refractivity (Wildman–Crippen MR) is 105 cm³/mol. The van der Waals surface area contributed by atoms with Gasteiger partial charge in [0.15, 0.2) is 0 Å². The molecule has 0 radical (unpaired) electrons. The molecule has 1 aromatic carbocycles. The maximum absolute atomic E-state index is 6.10. The molecule has 142 valence electrons. The van der Waals surface area contributed by atoms with Gasteiger partial charge in [-0.3, -0.25) is 4.90 Å². The Balaban J connectivity index is 1.35. The summed E-state index contributed by atoms with van der Waals surface area (Å²) in [6.45, 7) is 3.67. The van der Waals surface area contributed by atoms with E-state index in [4.69, 9.17) is 16.2 Å². The Labute approximate surface area is 158 Å². The van der Waals surface area contributed by atoms with E-state index in [2.05, 4.69) is 24.4 Å². The molecule has 4 N–H and O–H groups in total. The first-order valence-corrected chi connectivity index (χ1v) is 9.23. The molecule has 4 rings (SSSR count). The second-order valence-corrected chi connectivity index (χ2v) is 7.10. The molecular formula is C19H25N7O. The first-order chi connectivity index (χ1) is 13.1. The highest BCUT2D eigenvalue weighted by molar-refractivity contribution is 5.94. The highest BCUT2D eigenvalue weighted by atomic mass is 16.5. The van der Waals surface area contributed by atoms with Crippen molar-refractivity contribution in [3.8, 4) is 5.75 Å². The van der Waals surface area contributed by atoms with Crippen LogP contribution in [0, 0.1) is 5.92 Å². The van der Waals surface area contributed by atoms with Crippen LogP contribution in [0.15, 0.2) is 30.6 Å². The van der Waals surface area contributed by atoms with E-state index in [0.29, 0.717) is 23.9 Å². The number of anilines is 2. The van der Waals surface area contributed by atoms with Gasteiger partial charge in [0.2, 0.25) is 5.95 Å². The van der Waals surface area contributed by atoms with Gasteiger partial charge in [-0.15, -0.1) is 0 Å². The molecule has 0 atom stereocenters. The number of hydrogen-bond donors (Lipinski definition) is 2. The summed E-state index contributed by atoms with van der Waals surface area (Å²) in [5.74, 6) is 2.89. The lowest BCUT2D eigenvalue weighted by molar-refractivity contribution is 0.134. The lowest BCUT2D eigenvalue weighted by Gasteiger charge is -2.31. The smallest absolute Gasteiger partial charge is 0.222 e. The van der Waals surface area contributed by atoms with E-state index < -0.39 is 0 Å². The van der Waals surface area contributed by atoms with Crippen LogP contribution >= 0.6 is 0 Å². The van der Waals surface area contributed by atoms with Crippen LogP contribution in [0.1, 0.15) is 18.7 Å². The van der Waals surface area contributed by atoms with Crippen molar-refractivity contribution in [3.63, 3.8) is 0 Å². The van der Waals surface area contributed by atoms with Crippen molar-refractivity contribution in [3.05, 3.63) is 36.4 Å². The van der Waals surface area contributed by atoms with Crippen molar-refractivity contribution in [2.45, 2.75) is 19.4 Å². The number of aromatic nitrogens is 4. The number of hydrogen-bond acceptors (Lipinski definition) is 7. The number of piperidine rings is 1. The molecule has 1 aliphatic rings. The maximum Gasteiger partial charge on any atom is 0.222 e. The van der Waals surface area contributed by atoms with Gasteiger partial charge < -0.3 is 20.8 Å². The van der Waals surface area contributed by atoms with Crippen LogP contribution in [0.4, 0.5) is 11.8 Å². The topological polar surface area (TPSA) is 108 Å². The van der Waals surface area contributed by atoms with Crippen molar-refractivity contribution >= 4 is 22.7 Å². The molecule has 3 aromatic rings. The molecule has 3 heterocycles. The van der Waals surface area contributed by atoms with Crippen LogP contribution in [0.25, 0.3) is 10.9 Å². The molecule has 8 nitrogen and oxygen atoms in total. The fraction of sp³-hybridized carbons (Fsp3) is 0.421. The van der Waals surface area contributed by atoms with E-state index in [9.17, 15) is 0 Å². The fourth-order valence-corrected chi connectivity index (χ4v) is 3.59. The molecule has 0 bridgehead atoms. The average molecular weight is 367 g/mol. The quantitative estimate of drug-likeness (QED) is 0.708. The lowest BCUT2D eigenvalue weighted by atomic mass is 9.98. The van der Waals surface area contributed by atoms with Crippen molar-refractivity contribution in [2.24, 2.45) is 13.0 Å². The number of likely N-dealkylation sites (tertiary alicyclic amines) is 1. The SMILES string of the molecule is Cn1ccnc1CN1CCC(COc2cccc3nc(N)nc(N)c23)CC1. The third kappa shape index (κ3) is 3.80. The van der Waals surface area contributed by atoms with E-state index in [1.54, 1.807) is 0 Å². The summed E-state index contributed by atoms with van der Waals surface area (Å²) in [6, 6.07) is 5.68. The Morgan fingerprint density at radius 1 is 1.19 bits per heavy atom. The average Bonchev–Trinajstić information content (AvgIpc) is 3.05. The number of fused-ring (bicyclic) bond motifs is 1. The van der Waals surface area contributed by atoms with Gasteiger partial charge in [0.25, 0.3) is 0 Å². The summed E-state index contributed by atoms with van der Waals surface area (Å²) in [5, 5.41) is 0.735. The van der Waals surface area contributed by atoms with Crippen LogP contribution in [-0.2, 0) is 13.6 Å². The molecular weight excluding hydrogens is 342 g/mol. The largest absolute Gasteiger partial charge is 0.492 e. The minimum absolute atomic E-state index is 0.178. The molecule has 0 aliphatic carbocycles. The number of aryl methyl sites for hydroxylation is 1. The summed E-state index contributed by atoms with van der Waals surface area (Å²) >= 11 is 0. The standard InChI is InChI=1S/C19H25N7O/c1-25-10-7-22-16(25)11-26-8-5-13(6-9-26)12-27-15-4-2-3-14-17(15)18(20)24-19(21)23-14/h2-4,7,10,13H,5-6,8-9,11-12H2,1H3,(H4,20,21,23,24). The minimum atomic E-state index is 0.178. The highest BCUT2D eigenvalue weighted by Gasteiger charge is 2.21. The van der Waals surface area contributed by atoms with Gasteiger partial charge in [-0.25, -0.2) is 9.97 Å². The maximum atomic E-state index is 6.10. The molecule has 0 saturated carbocycles. The van der Waals surface area contributed by atoms with Crippen LogP contribution in [-0.4, -0.2) is 44.1 Å². The van der Waals surface area contributed by atoms with E-state index >= 15 is 0 Å². The number of imidazole rings is 1. The van der Waals surface area contributed by atoms with Crippen molar-refractivity contribution in [1.29, 1.82) is 0 Å². The number of ether oxygens (including phenoxy) is 1. The van der Waals surface area contributed by atoms with E-state index in [0.717, 1.165) is 49.4 Å². The van der Waals surface area contributed by atoms with E-state index in [1.807, 2.05) is 37.6 Å². The molecule has 0 unspecified atom stereocenters. The molecule has 2 aromatic heterocycles. The molecule has 1 saturated heterocycles. The minimum Gasteiger partial charge on any atom is -0.492 e. The van der Waals surface area contributed by atoms with Crippen LogP contribution in [0.3, 0.4) is 0 Å². The summed E-state index contributed by atoms with van der Waals surface area (Å²) in [7, 11) is 2.04. The first-order valence-electron chi connectivity index (χ1n) is 9.23. The zero-order valence-corrected chi connectivity index (χ0v) is 15.5. The summed E-state index contributed by atoms with van der Waals surface area (Å²) in [5.41, 5.74) is 12.4. The van der Waals surface area contributed by atoms with Crippen molar-refractivity contribution in [1.82, 2.24) is 24.4 Å². The molecule has 1 fully saturated rings. The normalized spacial score (nSPS) is 16.0. The third-order valence-electron chi connectivity index (χ3n) is 5.20. The van der Waals surface area contributed by atoms with E-state index in [1.165, 1.54) is 0 Å². The number of nitrogens with zero attached hydrogens (tertiary/aromatic N) is 5. The molecule has 1 aliphatic heterocycles. The molecule has 0 spiro atoms. The predicted octanol–water partition coefficient (Wildman–Crippen LogP) is 1.82. The van der Waals surface area contributed by atoms with Crippen molar-refractivity contribution < 1.29 is 4.74 Å². The second kappa shape index (κ2) is 7.40. The Morgan fingerprint density at radius 2 is 2.00 bits per heavy atom. The lowest BCUT2D eigenvalue weighted by Crippen LogP contribution is -2.35. The molecule has 0 amide bonds. The van der Waals surface area contributed by atoms with Gasteiger partial charge in [-0.05, 0) is 44.0 Å². The summed E-state index contributed by atoms with van der Waals surface area (Å²) in [4.78, 5) is 15.2. The van der Waals surface area contributed by atoms with Gasteiger partial charge >= 0.3 is 0 Å². The van der Waals surface area contributed by atoms with Gasteiger partial charge in [-0.2, -0.15) is 4.98 Å². The van der Waals surface area contributed by atoms with Gasteiger partial charge in [0.05, 0.1) is 24.1 Å². The molecule has 27 heavy (non-hydrogen) atoms. The second-order valence-electron chi connectivity index (χ2n) is 7.10. The fourth-order valence-electron chi connectivity index (χ4n) is 3.59. The Bertz CT molecular complexity index is 931. The summed E-state index contributed by atoms with van der Waals surface area (Å²) in [6.07, 6.45) is 6.05. The Morgan fingerprint density at radius 3 is 2.74 bits per heavy atom. The van der Waals surface area contributed by atoms with Crippen LogP contribution < -0.4 is 16.2 Å². The van der Waals surface area contributed by atoms with Crippen LogP contribution in [0.2, 0.25) is 0 Å². The zero-order valence-electron chi connectivity index (χ0n) is 15.5. The van der Waals surface area contributed by atoms with Crippen molar-refractivity contribution in [2.75, 3.05) is 31.2 Å². The van der Waals surface area contributed by atoms with Gasteiger partial charge in [0, 0.05) is 19.4 Å². The number of rotatable bonds is 5. The van der Waals surface area contributed by atoms with E-state index in [-0.39, 0.29) is 5.95 Å². The highest BCUT2D eigenvalue weighted by Crippen LogP contribution is 2.30. The van der Waals surface area contributed by atoms with Gasteiger partial charge in [-0.1, -0.05) is 6.07 Å². The first kappa shape index (κ1) is 17.5. The summed E-state index contributed by atoms with van der Waals surface area (Å²) < 4.78 is 8.18.